The number of nitro groups is 1. The monoisotopic (exact) mass is 322 g/mol. The van der Waals surface area contributed by atoms with Crippen molar-refractivity contribution in [3.05, 3.63) is 33.9 Å². The number of methoxy groups -OCH3 is 1. The summed E-state index contributed by atoms with van der Waals surface area (Å²) in [5.74, 6) is -1.47. The molecule has 1 aliphatic rings. The number of rotatable bonds is 6. The fraction of sp³-hybridized carbons (Fsp3) is 0.467. The molecular weight excluding hydrogens is 304 g/mol. The number of amides is 1. The van der Waals surface area contributed by atoms with Crippen molar-refractivity contribution < 1.29 is 24.4 Å². The lowest BCUT2D eigenvalue weighted by molar-refractivity contribution is -0.384. The standard InChI is InChI=1S/C15H18N2O6/c1-23-13-5-4-12(17(21)22)7-11(13)8-16-14(18)9-2-3-10(6-9)15(19)20/h4-5,7,9-10H,2-3,6,8H2,1H3,(H,16,18)(H,19,20)/t9-,10+/m1/s1. The highest BCUT2D eigenvalue weighted by Gasteiger charge is 2.33. The van der Waals surface area contributed by atoms with E-state index in [9.17, 15) is 19.7 Å². The summed E-state index contributed by atoms with van der Waals surface area (Å²) >= 11 is 0. The highest BCUT2D eigenvalue weighted by Crippen LogP contribution is 2.31. The van der Waals surface area contributed by atoms with Gasteiger partial charge in [-0.05, 0) is 25.3 Å². The van der Waals surface area contributed by atoms with Gasteiger partial charge >= 0.3 is 5.97 Å². The number of carboxylic acids is 1. The van der Waals surface area contributed by atoms with Crippen LogP contribution in [0.3, 0.4) is 0 Å². The van der Waals surface area contributed by atoms with Crippen molar-refractivity contribution in [3.8, 4) is 5.75 Å². The molecule has 1 aromatic carbocycles. The molecule has 0 bridgehead atoms. The molecule has 1 amide bonds. The zero-order valence-electron chi connectivity index (χ0n) is 12.7. The third kappa shape index (κ3) is 3.97. The van der Waals surface area contributed by atoms with Crippen LogP contribution in [0, 0.1) is 22.0 Å². The summed E-state index contributed by atoms with van der Waals surface area (Å²) in [7, 11) is 1.45. The molecule has 124 valence electrons. The van der Waals surface area contributed by atoms with Crippen LogP contribution in [-0.4, -0.2) is 29.0 Å². The maximum absolute atomic E-state index is 12.1. The van der Waals surface area contributed by atoms with Crippen LogP contribution in [0.5, 0.6) is 5.75 Å². The lowest BCUT2D eigenvalue weighted by atomic mass is 10.0. The van der Waals surface area contributed by atoms with E-state index in [1.165, 1.54) is 25.3 Å². The highest BCUT2D eigenvalue weighted by atomic mass is 16.6. The molecule has 2 N–H and O–H groups in total. The van der Waals surface area contributed by atoms with E-state index in [2.05, 4.69) is 5.32 Å². The molecule has 23 heavy (non-hydrogen) atoms. The summed E-state index contributed by atoms with van der Waals surface area (Å²) in [5.41, 5.74) is 0.421. The van der Waals surface area contributed by atoms with E-state index >= 15 is 0 Å². The van der Waals surface area contributed by atoms with Gasteiger partial charge in [0.1, 0.15) is 5.75 Å². The second-order valence-electron chi connectivity index (χ2n) is 5.52. The van der Waals surface area contributed by atoms with Gasteiger partial charge in [0.05, 0.1) is 18.0 Å². The van der Waals surface area contributed by atoms with Gasteiger partial charge in [0.15, 0.2) is 0 Å². The maximum atomic E-state index is 12.1. The van der Waals surface area contributed by atoms with Crippen LogP contribution in [0.2, 0.25) is 0 Å². The number of benzene rings is 1. The quantitative estimate of drug-likeness (QED) is 0.608. The molecule has 1 aromatic rings. The molecule has 0 aliphatic heterocycles. The minimum Gasteiger partial charge on any atom is -0.496 e. The number of nitrogens with zero attached hydrogens (tertiary/aromatic N) is 1. The lowest BCUT2D eigenvalue weighted by Crippen LogP contribution is -2.29. The van der Waals surface area contributed by atoms with Crippen molar-refractivity contribution in [2.45, 2.75) is 25.8 Å². The zero-order valence-corrected chi connectivity index (χ0v) is 12.7. The van der Waals surface area contributed by atoms with Crippen LogP contribution in [0.4, 0.5) is 5.69 Å². The Bertz CT molecular complexity index is 630. The molecule has 1 saturated carbocycles. The predicted octanol–water partition coefficient (Wildman–Crippen LogP) is 1.72. The molecule has 1 fully saturated rings. The van der Waals surface area contributed by atoms with Crippen LogP contribution in [-0.2, 0) is 16.1 Å². The number of aliphatic carboxylic acids is 1. The Hall–Kier alpha value is -2.64. The number of hydrogen-bond acceptors (Lipinski definition) is 5. The SMILES string of the molecule is COc1ccc([N+](=O)[O-])cc1CNC(=O)[C@@H]1CC[C@H](C(=O)O)C1. The Morgan fingerprint density at radius 2 is 2.09 bits per heavy atom. The Labute approximate surface area is 132 Å². The third-order valence-corrected chi connectivity index (χ3v) is 4.08. The van der Waals surface area contributed by atoms with Gasteiger partial charge in [-0.3, -0.25) is 19.7 Å². The number of non-ortho nitro benzene ring substituents is 1. The Morgan fingerprint density at radius 1 is 1.39 bits per heavy atom. The van der Waals surface area contributed by atoms with Crippen molar-refractivity contribution in [3.63, 3.8) is 0 Å². The first-order valence-electron chi connectivity index (χ1n) is 7.24. The summed E-state index contributed by atoms with van der Waals surface area (Å²) in [6, 6.07) is 4.17. The van der Waals surface area contributed by atoms with Gasteiger partial charge in [-0.15, -0.1) is 0 Å². The minimum atomic E-state index is -0.874. The van der Waals surface area contributed by atoms with Gasteiger partial charge in [0.25, 0.3) is 5.69 Å². The molecular formula is C15H18N2O6. The van der Waals surface area contributed by atoms with Gasteiger partial charge < -0.3 is 15.2 Å². The van der Waals surface area contributed by atoms with Crippen molar-refractivity contribution in [1.82, 2.24) is 5.32 Å². The Morgan fingerprint density at radius 3 is 2.65 bits per heavy atom. The number of carbonyl (C=O) groups is 2. The second kappa shape index (κ2) is 7.08. The Balaban J connectivity index is 2.00. The van der Waals surface area contributed by atoms with Crippen LogP contribution in [0.25, 0.3) is 0 Å². The highest BCUT2D eigenvalue weighted by molar-refractivity contribution is 5.80. The number of nitrogens with one attached hydrogen (secondary N) is 1. The number of hydrogen-bond donors (Lipinski definition) is 2. The summed E-state index contributed by atoms with van der Waals surface area (Å²) in [6.45, 7) is 0.0952. The number of carboxylic acid groups (broad SMARTS) is 1. The number of carbonyl (C=O) groups excluding carboxylic acids is 1. The first-order valence-corrected chi connectivity index (χ1v) is 7.24. The molecule has 0 aromatic heterocycles. The number of nitro benzene ring substituents is 1. The average molecular weight is 322 g/mol. The molecule has 0 radical (unpaired) electrons. The van der Waals surface area contributed by atoms with Crippen molar-refractivity contribution in [2.75, 3.05) is 7.11 Å². The third-order valence-electron chi connectivity index (χ3n) is 4.08. The molecule has 2 rings (SSSR count). The first-order chi connectivity index (χ1) is 10.9. The van der Waals surface area contributed by atoms with Crippen LogP contribution >= 0.6 is 0 Å². The summed E-state index contributed by atoms with van der Waals surface area (Å²) < 4.78 is 5.13. The van der Waals surface area contributed by atoms with Gasteiger partial charge in [-0.1, -0.05) is 0 Å². The molecule has 8 heteroatoms. The van der Waals surface area contributed by atoms with E-state index in [0.717, 1.165) is 0 Å². The average Bonchev–Trinajstić information content (AvgIpc) is 3.02. The van der Waals surface area contributed by atoms with Crippen LogP contribution in [0.15, 0.2) is 18.2 Å². The zero-order chi connectivity index (χ0) is 17.0. The van der Waals surface area contributed by atoms with E-state index in [0.29, 0.717) is 30.6 Å². The van der Waals surface area contributed by atoms with Crippen molar-refractivity contribution in [1.29, 1.82) is 0 Å². The van der Waals surface area contributed by atoms with E-state index in [4.69, 9.17) is 9.84 Å². The Kier molecular flexibility index (Phi) is 5.15. The van der Waals surface area contributed by atoms with Crippen LogP contribution in [0.1, 0.15) is 24.8 Å². The fourth-order valence-corrected chi connectivity index (χ4v) is 2.79. The topological polar surface area (TPSA) is 119 Å². The fourth-order valence-electron chi connectivity index (χ4n) is 2.79. The maximum Gasteiger partial charge on any atom is 0.306 e. The van der Waals surface area contributed by atoms with Gasteiger partial charge in [-0.2, -0.15) is 0 Å². The summed E-state index contributed by atoms with van der Waals surface area (Å²) in [5, 5.41) is 22.5. The largest absolute Gasteiger partial charge is 0.496 e. The molecule has 1 aliphatic carbocycles. The molecule has 0 heterocycles. The predicted molar refractivity (Wildman–Crippen MR) is 80.0 cm³/mol. The molecule has 0 saturated heterocycles. The minimum absolute atomic E-state index is 0.0816. The van der Waals surface area contributed by atoms with Gasteiger partial charge in [-0.25, -0.2) is 0 Å². The van der Waals surface area contributed by atoms with Crippen molar-refractivity contribution >= 4 is 17.6 Å². The number of ether oxygens (including phenoxy) is 1. The van der Waals surface area contributed by atoms with E-state index in [-0.39, 0.29) is 24.1 Å². The van der Waals surface area contributed by atoms with Crippen LogP contribution < -0.4 is 10.1 Å². The molecule has 2 atom stereocenters. The lowest BCUT2D eigenvalue weighted by Gasteiger charge is -2.13. The van der Waals surface area contributed by atoms with E-state index < -0.39 is 16.8 Å². The second-order valence-corrected chi connectivity index (χ2v) is 5.52. The molecule has 8 nitrogen and oxygen atoms in total. The van der Waals surface area contributed by atoms with E-state index in [1.54, 1.807) is 0 Å². The molecule has 0 spiro atoms. The summed E-state index contributed by atoms with van der Waals surface area (Å²) in [6.07, 6.45) is 1.36. The van der Waals surface area contributed by atoms with Gasteiger partial charge in [0.2, 0.25) is 5.91 Å². The van der Waals surface area contributed by atoms with Gasteiger partial charge in [0, 0.05) is 30.2 Å². The first kappa shape index (κ1) is 16.7. The normalized spacial score (nSPS) is 20.0. The van der Waals surface area contributed by atoms with Crippen molar-refractivity contribution in [2.24, 2.45) is 11.8 Å². The van der Waals surface area contributed by atoms with E-state index in [1.807, 2.05) is 0 Å². The molecule has 0 unspecified atom stereocenters. The summed E-state index contributed by atoms with van der Waals surface area (Å²) in [4.78, 5) is 33.4. The smallest absolute Gasteiger partial charge is 0.306 e.